The number of rotatable bonds is 4. The Bertz CT molecular complexity index is 874. The summed E-state index contributed by atoms with van der Waals surface area (Å²) in [5, 5.41) is 17.7. The molecule has 0 aliphatic carbocycles. The lowest BCUT2D eigenvalue weighted by molar-refractivity contribution is -0.463. The number of H-pyrrole nitrogens is 1. The van der Waals surface area contributed by atoms with E-state index in [0.717, 1.165) is 16.8 Å². The van der Waals surface area contributed by atoms with Gasteiger partial charge in [0.25, 0.3) is 0 Å². The first kappa shape index (κ1) is 14.7. The minimum absolute atomic E-state index is 0.299. The summed E-state index contributed by atoms with van der Waals surface area (Å²) in [5.74, 6) is 0.0751. The highest BCUT2D eigenvalue weighted by atomic mass is 16.6. The fourth-order valence-corrected chi connectivity index (χ4v) is 2.46. The van der Waals surface area contributed by atoms with Crippen LogP contribution in [0, 0.1) is 10.1 Å². The van der Waals surface area contributed by atoms with Crippen LogP contribution >= 0.6 is 0 Å². The first-order chi connectivity index (χ1) is 11.1. The average Bonchev–Trinajstić information content (AvgIpc) is 3.16. The van der Waals surface area contributed by atoms with Gasteiger partial charge in [0.1, 0.15) is 24.7 Å². The van der Waals surface area contributed by atoms with Crippen molar-refractivity contribution >= 4 is 11.6 Å². The van der Waals surface area contributed by atoms with E-state index in [1.165, 1.54) is 6.07 Å². The van der Waals surface area contributed by atoms with Crippen molar-refractivity contribution in [2.45, 2.75) is 0 Å². The molecule has 3 aromatic rings. The predicted octanol–water partition coefficient (Wildman–Crippen LogP) is 2.69. The molecule has 0 bridgehead atoms. The van der Waals surface area contributed by atoms with Gasteiger partial charge in [-0.25, -0.2) is 4.58 Å². The van der Waals surface area contributed by atoms with Gasteiger partial charge in [-0.2, -0.15) is 5.10 Å². The minimum atomic E-state index is -0.562. The summed E-state index contributed by atoms with van der Waals surface area (Å²) < 4.78 is 7.27. The molecule has 2 heterocycles. The van der Waals surface area contributed by atoms with Crippen molar-refractivity contribution < 1.29 is 13.9 Å². The number of benzene rings is 1. The van der Waals surface area contributed by atoms with E-state index in [2.05, 4.69) is 10.2 Å². The molecule has 0 unspecified atom stereocenters. The Morgan fingerprint density at radius 1 is 1.17 bits per heavy atom. The molecular formula is C16H15N4O3+. The van der Waals surface area contributed by atoms with E-state index in [4.69, 9.17) is 4.42 Å². The zero-order chi connectivity index (χ0) is 16.4. The second-order valence-electron chi connectivity index (χ2n) is 5.16. The lowest BCUT2D eigenvalue weighted by Gasteiger charge is -2.04. The highest BCUT2D eigenvalue weighted by Gasteiger charge is 2.24. The van der Waals surface area contributed by atoms with Crippen LogP contribution in [0.2, 0.25) is 0 Å². The van der Waals surface area contributed by atoms with Crippen molar-refractivity contribution in [1.29, 1.82) is 0 Å². The molecule has 0 amide bonds. The van der Waals surface area contributed by atoms with Crippen molar-refractivity contribution in [2.75, 3.05) is 14.1 Å². The van der Waals surface area contributed by atoms with E-state index in [9.17, 15) is 10.1 Å². The van der Waals surface area contributed by atoms with Gasteiger partial charge < -0.3 is 4.42 Å². The molecule has 1 N–H and O–H groups in total. The van der Waals surface area contributed by atoms with Crippen LogP contribution in [-0.4, -0.2) is 39.5 Å². The normalized spacial score (nSPS) is 10.5. The summed E-state index contributed by atoms with van der Waals surface area (Å²) in [7, 11) is 3.87. The van der Waals surface area contributed by atoms with Gasteiger partial charge in [0.05, 0.1) is 17.8 Å². The molecule has 1 aromatic carbocycles. The maximum atomic E-state index is 10.8. The van der Waals surface area contributed by atoms with Gasteiger partial charge in [-0.3, -0.25) is 15.2 Å². The minimum Gasteiger partial charge on any atom is -0.399 e. The highest BCUT2D eigenvalue weighted by molar-refractivity contribution is 6.12. The highest BCUT2D eigenvalue weighted by Crippen LogP contribution is 2.28. The van der Waals surface area contributed by atoms with Gasteiger partial charge in [-0.1, -0.05) is 18.2 Å². The fraction of sp³-hybridized carbons (Fsp3) is 0.125. The van der Waals surface area contributed by atoms with E-state index < -0.39 is 4.92 Å². The third-order valence-corrected chi connectivity index (χ3v) is 3.41. The number of aromatic nitrogens is 2. The molecule has 0 atom stereocenters. The molecular weight excluding hydrogens is 296 g/mol. The first-order valence-corrected chi connectivity index (χ1v) is 6.96. The van der Waals surface area contributed by atoms with Crippen LogP contribution < -0.4 is 0 Å². The quantitative estimate of drug-likeness (QED) is 0.347. The Labute approximate surface area is 132 Å². The molecule has 0 saturated carbocycles. The second-order valence-corrected chi connectivity index (χ2v) is 5.16. The lowest BCUT2D eigenvalue weighted by Crippen LogP contribution is -2.16. The molecule has 7 heteroatoms. The number of nitrogens with zero attached hydrogens (tertiary/aromatic N) is 3. The van der Waals surface area contributed by atoms with Gasteiger partial charge >= 0.3 is 5.88 Å². The maximum Gasteiger partial charge on any atom is 0.433 e. The van der Waals surface area contributed by atoms with E-state index in [1.54, 1.807) is 12.3 Å². The van der Waals surface area contributed by atoms with Crippen LogP contribution in [-0.2, 0) is 0 Å². The number of hydrogen-bond acceptors (Lipinski definition) is 4. The zero-order valence-corrected chi connectivity index (χ0v) is 12.7. The van der Waals surface area contributed by atoms with E-state index in [0.29, 0.717) is 11.5 Å². The summed E-state index contributed by atoms with van der Waals surface area (Å²) in [6.07, 6.45) is 1.69. The van der Waals surface area contributed by atoms with Gasteiger partial charge in [-0.05, 0) is 18.2 Å². The van der Waals surface area contributed by atoms with E-state index in [-0.39, 0.29) is 5.88 Å². The van der Waals surface area contributed by atoms with E-state index in [1.807, 2.05) is 49.0 Å². The number of nitrogens with one attached hydrogen (secondary N) is 1. The summed E-state index contributed by atoms with van der Waals surface area (Å²) in [6.45, 7) is 0. The smallest absolute Gasteiger partial charge is 0.399 e. The molecule has 23 heavy (non-hydrogen) atoms. The summed E-state index contributed by atoms with van der Waals surface area (Å²) in [6, 6.07) is 12.7. The summed E-state index contributed by atoms with van der Waals surface area (Å²) in [4.78, 5) is 10.2. The second kappa shape index (κ2) is 5.88. The Hall–Kier alpha value is -3.22. The van der Waals surface area contributed by atoms with Crippen molar-refractivity contribution in [3.05, 3.63) is 69.9 Å². The largest absolute Gasteiger partial charge is 0.433 e. The molecule has 3 rings (SSSR count). The van der Waals surface area contributed by atoms with Crippen LogP contribution in [0.3, 0.4) is 0 Å². The lowest BCUT2D eigenvalue weighted by atomic mass is 10.0. The predicted molar refractivity (Wildman–Crippen MR) is 84.7 cm³/mol. The average molecular weight is 311 g/mol. The van der Waals surface area contributed by atoms with Crippen molar-refractivity contribution in [3.63, 3.8) is 0 Å². The Morgan fingerprint density at radius 2 is 1.91 bits per heavy atom. The molecule has 0 aliphatic heterocycles. The summed E-state index contributed by atoms with van der Waals surface area (Å²) in [5.41, 5.74) is 3.37. The van der Waals surface area contributed by atoms with E-state index >= 15 is 0 Å². The molecule has 7 nitrogen and oxygen atoms in total. The third-order valence-electron chi connectivity index (χ3n) is 3.41. The van der Waals surface area contributed by atoms with Crippen LogP contribution in [0.1, 0.15) is 11.1 Å². The number of furan rings is 1. The number of nitro groups is 1. The topological polar surface area (TPSA) is 88.0 Å². The Balaban J connectivity index is 2.12. The molecule has 0 saturated heterocycles. The van der Waals surface area contributed by atoms with Gasteiger partial charge in [0, 0.05) is 5.56 Å². The molecule has 116 valence electrons. The van der Waals surface area contributed by atoms with Gasteiger partial charge in [0.2, 0.25) is 5.71 Å². The Kier molecular flexibility index (Phi) is 3.76. The number of aromatic amines is 1. The fourth-order valence-electron chi connectivity index (χ4n) is 2.46. The third kappa shape index (κ3) is 2.76. The molecule has 0 aliphatic rings. The Morgan fingerprint density at radius 3 is 2.52 bits per heavy atom. The van der Waals surface area contributed by atoms with Crippen LogP contribution in [0.25, 0.3) is 11.5 Å². The van der Waals surface area contributed by atoms with Crippen molar-refractivity contribution in [1.82, 2.24) is 10.2 Å². The first-order valence-electron chi connectivity index (χ1n) is 6.96. The van der Waals surface area contributed by atoms with Gasteiger partial charge in [0.15, 0.2) is 5.76 Å². The van der Waals surface area contributed by atoms with Crippen molar-refractivity contribution in [3.8, 4) is 11.5 Å². The molecule has 0 fully saturated rings. The van der Waals surface area contributed by atoms with Gasteiger partial charge in [-0.15, -0.1) is 0 Å². The van der Waals surface area contributed by atoms with Crippen LogP contribution in [0.15, 0.2) is 53.1 Å². The van der Waals surface area contributed by atoms with Crippen LogP contribution in [0.4, 0.5) is 5.88 Å². The standard InChI is InChI=1S/C16H14N4O3/c1-19(2)16(11-6-4-3-5-7-11)12-10-17-18-15(12)13-8-9-14(23-13)20(21)22/h3-10H,1-2H3/p+1. The number of hydrogen-bond donors (Lipinski definition) is 1. The maximum absolute atomic E-state index is 10.8. The molecule has 2 aromatic heterocycles. The molecule has 0 spiro atoms. The SMILES string of the molecule is C[N+](C)=C(c1ccccc1)c1cn[nH]c1-c1ccc([N+](=O)[O-])o1. The zero-order valence-electron chi connectivity index (χ0n) is 12.7. The monoisotopic (exact) mass is 311 g/mol. The molecule has 0 radical (unpaired) electrons. The summed E-state index contributed by atoms with van der Waals surface area (Å²) >= 11 is 0. The van der Waals surface area contributed by atoms with Crippen molar-refractivity contribution in [2.24, 2.45) is 0 Å². The van der Waals surface area contributed by atoms with Crippen LogP contribution in [0.5, 0.6) is 0 Å².